The van der Waals surface area contributed by atoms with E-state index < -0.39 is 0 Å². The van der Waals surface area contributed by atoms with Gasteiger partial charge in [-0.15, -0.1) is 10.2 Å². The van der Waals surface area contributed by atoms with Crippen molar-refractivity contribution in [3.63, 3.8) is 0 Å². The Morgan fingerprint density at radius 3 is 2.38 bits per heavy atom. The van der Waals surface area contributed by atoms with E-state index in [-0.39, 0.29) is 5.54 Å². The SMILES string of the molecule is CCNC(=NCc1nnc(C)n1C)N1CC(C)(C)C1(C)C. The van der Waals surface area contributed by atoms with E-state index in [1.54, 1.807) is 0 Å². The molecule has 0 amide bonds. The average Bonchev–Trinajstić information content (AvgIpc) is 2.73. The minimum Gasteiger partial charge on any atom is -0.356 e. The highest BCUT2D eigenvalue weighted by Gasteiger charge is 2.53. The van der Waals surface area contributed by atoms with Crippen LogP contribution in [-0.2, 0) is 13.6 Å². The highest BCUT2D eigenvalue weighted by Crippen LogP contribution is 2.46. The maximum atomic E-state index is 4.75. The number of rotatable bonds is 3. The molecule has 1 fully saturated rings. The van der Waals surface area contributed by atoms with E-state index in [2.05, 4.69) is 55.0 Å². The van der Waals surface area contributed by atoms with Gasteiger partial charge in [-0.1, -0.05) is 13.8 Å². The maximum absolute atomic E-state index is 4.75. The van der Waals surface area contributed by atoms with Crippen LogP contribution in [0.2, 0.25) is 0 Å². The zero-order valence-electron chi connectivity index (χ0n) is 14.4. The molecule has 6 heteroatoms. The van der Waals surface area contributed by atoms with Crippen molar-refractivity contribution in [3.05, 3.63) is 11.6 Å². The van der Waals surface area contributed by atoms with Crippen LogP contribution in [0.25, 0.3) is 0 Å². The molecule has 0 saturated carbocycles. The Hall–Kier alpha value is -1.59. The van der Waals surface area contributed by atoms with Crippen LogP contribution in [0.1, 0.15) is 46.3 Å². The van der Waals surface area contributed by atoms with Gasteiger partial charge in [0.1, 0.15) is 12.4 Å². The molecule has 2 rings (SSSR count). The summed E-state index contributed by atoms with van der Waals surface area (Å²) < 4.78 is 1.98. The van der Waals surface area contributed by atoms with Gasteiger partial charge >= 0.3 is 0 Å². The Bertz CT molecular complexity index is 540. The predicted molar refractivity (Wildman–Crippen MR) is 85.1 cm³/mol. The van der Waals surface area contributed by atoms with E-state index in [1.807, 2.05) is 18.5 Å². The van der Waals surface area contributed by atoms with E-state index in [1.165, 1.54) is 0 Å². The van der Waals surface area contributed by atoms with E-state index in [0.29, 0.717) is 12.0 Å². The fourth-order valence-electron chi connectivity index (χ4n) is 2.53. The topological polar surface area (TPSA) is 58.3 Å². The van der Waals surface area contributed by atoms with E-state index in [9.17, 15) is 0 Å². The summed E-state index contributed by atoms with van der Waals surface area (Å²) in [5.74, 6) is 2.76. The van der Waals surface area contributed by atoms with Crippen LogP contribution in [0.5, 0.6) is 0 Å². The zero-order chi connectivity index (χ0) is 15.8. The van der Waals surface area contributed by atoms with Crippen molar-refractivity contribution in [2.75, 3.05) is 13.1 Å². The minimum atomic E-state index is 0.101. The van der Waals surface area contributed by atoms with Gasteiger partial charge in [-0.05, 0) is 27.7 Å². The Labute approximate surface area is 127 Å². The Morgan fingerprint density at radius 2 is 1.95 bits per heavy atom. The Balaban J connectivity index is 2.16. The Morgan fingerprint density at radius 1 is 1.29 bits per heavy atom. The normalized spacial score (nSPS) is 20.3. The minimum absolute atomic E-state index is 0.101. The molecular formula is C15H28N6. The first-order valence-electron chi connectivity index (χ1n) is 7.61. The van der Waals surface area contributed by atoms with E-state index >= 15 is 0 Å². The molecule has 2 heterocycles. The lowest BCUT2D eigenvalue weighted by Crippen LogP contribution is -2.72. The summed E-state index contributed by atoms with van der Waals surface area (Å²) in [6, 6.07) is 0. The van der Waals surface area contributed by atoms with Crippen LogP contribution in [0.4, 0.5) is 0 Å². The second-order valence-electron chi connectivity index (χ2n) is 6.92. The van der Waals surface area contributed by atoms with Crippen molar-refractivity contribution in [1.29, 1.82) is 0 Å². The summed E-state index contributed by atoms with van der Waals surface area (Å²) in [5.41, 5.74) is 0.397. The first kappa shape index (κ1) is 15.8. The fraction of sp³-hybridized carbons (Fsp3) is 0.800. The van der Waals surface area contributed by atoms with Gasteiger partial charge in [0.15, 0.2) is 11.8 Å². The van der Waals surface area contributed by atoms with Crippen molar-refractivity contribution in [1.82, 2.24) is 25.0 Å². The molecule has 0 aliphatic carbocycles. The summed E-state index contributed by atoms with van der Waals surface area (Å²) in [6.07, 6.45) is 0. The number of hydrogen-bond acceptors (Lipinski definition) is 3. The first-order valence-corrected chi connectivity index (χ1v) is 7.61. The van der Waals surface area contributed by atoms with Crippen molar-refractivity contribution in [2.24, 2.45) is 17.5 Å². The molecular weight excluding hydrogens is 264 g/mol. The Kier molecular flexibility index (Phi) is 4.00. The summed E-state index contributed by atoms with van der Waals surface area (Å²) in [7, 11) is 1.98. The van der Waals surface area contributed by atoms with Crippen LogP contribution >= 0.6 is 0 Å². The number of nitrogens with one attached hydrogen (secondary N) is 1. The lowest BCUT2D eigenvalue weighted by atomic mass is 9.65. The number of hydrogen-bond donors (Lipinski definition) is 1. The lowest BCUT2D eigenvalue weighted by Gasteiger charge is -2.62. The summed E-state index contributed by atoms with van der Waals surface area (Å²) >= 11 is 0. The largest absolute Gasteiger partial charge is 0.356 e. The molecule has 0 spiro atoms. The van der Waals surface area contributed by atoms with Crippen LogP contribution in [-0.4, -0.2) is 44.3 Å². The molecule has 1 aromatic rings. The molecule has 0 bridgehead atoms. The van der Waals surface area contributed by atoms with Crippen molar-refractivity contribution in [2.45, 2.75) is 53.6 Å². The van der Waals surface area contributed by atoms with Crippen molar-refractivity contribution >= 4 is 5.96 Å². The van der Waals surface area contributed by atoms with Crippen molar-refractivity contribution in [3.8, 4) is 0 Å². The van der Waals surface area contributed by atoms with Crippen LogP contribution in [0, 0.1) is 12.3 Å². The molecule has 0 radical (unpaired) electrons. The third kappa shape index (κ3) is 2.63. The zero-order valence-corrected chi connectivity index (χ0v) is 14.4. The van der Waals surface area contributed by atoms with Crippen LogP contribution < -0.4 is 5.32 Å². The first-order chi connectivity index (χ1) is 9.70. The molecule has 1 aliphatic heterocycles. The maximum Gasteiger partial charge on any atom is 0.194 e. The molecule has 1 saturated heterocycles. The highest BCUT2D eigenvalue weighted by atomic mass is 15.4. The number of nitrogens with zero attached hydrogens (tertiary/aromatic N) is 5. The monoisotopic (exact) mass is 292 g/mol. The van der Waals surface area contributed by atoms with Crippen LogP contribution in [0.15, 0.2) is 4.99 Å². The number of aliphatic imine (C=N–C) groups is 1. The van der Waals surface area contributed by atoms with E-state index in [0.717, 1.165) is 30.7 Å². The molecule has 118 valence electrons. The van der Waals surface area contributed by atoms with Crippen molar-refractivity contribution < 1.29 is 0 Å². The second-order valence-corrected chi connectivity index (χ2v) is 6.92. The molecule has 0 unspecified atom stereocenters. The van der Waals surface area contributed by atoms with Gasteiger partial charge in [0, 0.05) is 31.1 Å². The van der Waals surface area contributed by atoms with Gasteiger partial charge in [0.05, 0.1) is 0 Å². The summed E-state index contributed by atoms with van der Waals surface area (Å²) in [4.78, 5) is 7.10. The predicted octanol–water partition coefficient (Wildman–Crippen LogP) is 1.71. The van der Waals surface area contributed by atoms with Gasteiger partial charge in [-0.25, -0.2) is 4.99 Å². The number of aryl methyl sites for hydroxylation is 1. The molecule has 0 atom stereocenters. The second kappa shape index (κ2) is 5.31. The van der Waals surface area contributed by atoms with Crippen LogP contribution in [0.3, 0.4) is 0 Å². The molecule has 1 aromatic heterocycles. The number of guanidine groups is 1. The van der Waals surface area contributed by atoms with Gasteiger partial charge in [0.25, 0.3) is 0 Å². The number of likely N-dealkylation sites (tertiary alicyclic amines) is 1. The van der Waals surface area contributed by atoms with Gasteiger partial charge in [-0.2, -0.15) is 0 Å². The number of aromatic nitrogens is 3. The molecule has 6 nitrogen and oxygen atoms in total. The summed E-state index contributed by atoms with van der Waals surface area (Å²) in [6.45, 7) is 15.6. The van der Waals surface area contributed by atoms with E-state index in [4.69, 9.17) is 4.99 Å². The average molecular weight is 292 g/mol. The quantitative estimate of drug-likeness (QED) is 0.680. The lowest BCUT2D eigenvalue weighted by molar-refractivity contribution is -0.0668. The summed E-state index contributed by atoms with van der Waals surface area (Å²) in [5, 5.41) is 11.6. The third-order valence-corrected chi connectivity index (χ3v) is 5.03. The molecule has 0 aromatic carbocycles. The molecule has 21 heavy (non-hydrogen) atoms. The fourth-order valence-corrected chi connectivity index (χ4v) is 2.53. The molecule has 1 aliphatic rings. The highest BCUT2D eigenvalue weighted by molar-refractivity contribution is 5.82. The van der Waals surface area contributed by atoms with Gasteiger partial charge in [-0.3, -0.25) is 0 Å². The van der Waals surface area contributed by atoms with Gasteiger partial charge < -0.3 is 14.8 Å². The molecule has 1 N–H and O–H groups in total. The van der Waals surface area contributed by atoms with Gasteiger partial charge in [0.2, 0.25) is 0 Å². The smallest absolute Gasteiger partial charge is 0.194 e. The standard InChI is InChI=1S/C15H28N6/c1-8-16-13(21-10-14(3,4)15(21,5)6)17-9-12-19-18-11(2)20(12)7/h8-10H2,1-7H3,(H,16,17). The third-order valence-electron chi connectivity index (χ3n) is 5.03.